The number of carbonyl (C=O) groups is 2. The number of halogens is 1. The number of hydrogen-bond donors (Lipinski definition) is 2. The monoisotopic (exact) mass is 342 g/mol. The first-order valence-electron chi connectivity index (χ1n) is 6.33. The second kappa shape index (κ2) is 6.21. The lowest BCUT2D eigenvalue weighted by Gasteiger charge is -2.16. The average molecular weight is 343 g/mol. The van der Waals surface area contributed by atoms with Crippen molar-refractivity contribution < 1.29 is 14.7 Å². The number of rotatable bonds is 6. The number of amides is 1. The van der Waals surface area contributed by atoms with Crippen LogP contribution in [-0.2, 0) is 16.1 Å². The molecular weight excluding hydrogens is 328 g/mol. The molecule has 0 saturated heterocycles. The number of nitrogens with one attached hydrogen (secondary N) is 1. The molecule has 0 bridgehead atoms. The van der Waals surface area contributed by atoms with Crippen molar-refractivity contribution >= 4 is 27.8 Å². The van der Waals surface area contributed by atoms with Gasteiger partial charge in [0.1, 0.15) is 6.54 Å². The highest BCUT2D eigenvalue weighted by Gasteiger charge is 2.33. The molecule has 1 fully saturated rings. The Balaban J connectivity index is 1.98. The molecule has 0 aliphatic heterocycles. The third-order valence-corrected chi connectivity index (χ3v) is 3.66. The van der Waals surface area contributed by atoms with E-state index in [0.29, 0.717) is 4.47 Å². The van der Waals surface area contributed by atoms with Gasteiger partial charge in [0, 0.05) is 22.8 Å². The van der Waals surface area contributed by atoms with Crippen LogP contribution in [0.5, 0.6) is 0 Å². The summed E-state index contributed by atoms with van der Waals surface area (Å²) in [6, 6.07) is 2.63. The van der Waals surface area contributed by atoms with Crippen molar-refractivity contribution in [2.45, 2.75) is 31.8 Å². The van der Waals surface area contributed by atoms with E-state index in [9.17, 15) is 14.4 Å². The van der Waals surface area contributed by atoms with E-state index in [-0.39, 0.29) is 36.4 Å². The van der Waals surface area contributed by atoms with Crippen molar-refractivity contribution in [3.63, 3.8) is 0 Å². The molecule has 1 aliphatic carbocycles. The smallest absolute Gasteiger partial charge is 0.305 e. The number of nitrogens with zero attached hydrogens (tertiary/aromatic N) is 1. The first kappa shape index (κ1) is 14.8. The maximum atomic E-state index is 11.9. The topological polar surface area (TPSA) is 88.4 Å². The summed E-state index contributed by atoms with van der Waals surface area (Å²) in [6.07, 6.45) is 3.33. The van der Waals surface area contributed by atoms with Crippen LogP contribution in [-0.4, -0.2) is 27.6 Å². The van der Waals surface area contributed by atoms with Crippen LogP contribution < -0.4 is 10.9 Å². The molecule has 6 nitrogen and oxygen atoms in total. The van der Waals surface area contributed by atoms with Crippen molar-refractivity contribution in [1.82, 2.24) is 9.88 Å². The summed E-state index contributed by atoms with van der Waals surface area (Å²) < 4.78 is 1.98. The molecule has 1 atom stereocenters. The molecule has 1 aromatic rings. The number of carboxylic acid groups (broad SMARTS) is 1. The molecule has 1 amide bonds. The standard InChI is InChI=1S/C13H15BrN2O4/c14-9-3-4-12(18)16(6-9)7-11(17)15-10(5-13(19)20)8-1-2-8/h3-4,6,8,10H,1-2,5,7H2,(H,15,17)(H,19,20). The van der Waals surface area contributed by atoms with E-state index >= 15 is 0 Å². The van der Waals surface area contributed by atoms with Crippen LogP contribution in [0, 0.1) is 5.92 Å². The largest absolute Gasteiger partial charge is 0.481 e. The van der Waals surface area contributed by atoms with Crippen LogP contribution in [0.25, 0.3) is 0 Å². The molecule has 1 aromatic heterocycles. The van der Waals surface area contributed by atoms with Gasteiger partial charge >= 0.3 is 5.97 Å². The Bertz CT molecular complexity index is 580. The molecule has 0 spiro atoms. The van der Waals surface area contributed by atoms with Gasteiger partial charge in [-0.1, -0.05) is 0 Å². The Kier molecular flexibility index (Phi) is 4.59. The lowest BCUT2D eigenvalue weighted by Crippen LogP contribution is -2.41. The fourth-order valence-electron chi connectivity index (χ4n) is 2.06. The van der Waals surface area contributed by atoms with Gasteiger partial charge in [-0.05, 0) is 40.8 Å². The van der Waals surface area contributed by atoms with Crippen LogP contribution in [0.15, 0.2) is 27.6 Å². The zero-order chi connectivity index (χ0) is 14.7. The minimum Gasteiger partial charge on any atom is -0.481 e. The summed E-state index contributed by atoms with van der Waals surface area (Å²) in [4.78, 5) is 34.3. The fourth-order valence-corrected chi connectivity index (χ4v) is 2.43. The Morgan fingerprint density at radius 1 is 1.45 bits per heavy atom. The predicted octanol–water partition coefficient (Wildman–Crippen LogP) is 0.980. The number of aliphatic carboxylic acids is 1. The van der Waals surface area contributed by atoms with E-state index in [0.717, 1.165) is 12.8 Å². The highest BCUT2D eigenvalue weighted by atomic mass is 79.9. The van der Waals surface area contributed by atoms with E-state index in [4.69, 9.17) is 5.11 Å². The van der Waals surface area contributed by atoms with Gasteiger partial charge in [0.05, 0.1) is 6.42 Å². The van der Waals surface area contributed by atoms with Gasteiger partial charge in [0.2, 0.25) is 5.91 Å². The highest BCUT2D eigenvalue weighted by molar-refractivity contribution is 9.10. The molecule has 7 heteroatoms. The molecule has 108 valence electrons. The molecule has 1 aliphatic rings. The van der Waals surface area contributed by atoms with Gasteiger partial charge in [0.25, 0.3) is 5.56 Å². The second-order valence-electron chi connectivity index (χ2n) is 4.92. The zero-order valence-electron chi connectivity index (χ0n) is 10.7. The normalized spacial score (nSPS) is 15.7. The van der Waals surface area contributed by atoms with Crippen LogP contribution >= 0.6 is 15.9 Å². The molecule has 0 radical (unpaired) electrons. The number of carboxylic acids is 1. The van der Waals surface area contributed by atoms with E-state index in [1.54, 1.807) is 6.07 Å². The molecule has 0 aromatic carbocycles. The summed E-state index contributed by atoms with van der Waals surface area (Å²) >= 11 is 3.23. The molecule has 20 heavy (non-hydrogen) atoms. The number of aromatic nitrogens is 1. The highest BCUT2D eigenvalue weighted by Crippen LogP contribution is 2.34. The maximum Gasteiger partial charge on any atom is 0.305 e. The van der Waals surface area contributed by atoms with Gasteiger partial charge in [-0.2, -0.15) is 0 Å². The van der Waals surface area contributed by atoms with Crippen LogP contribution in [0.4, 0.5) is 0 Å². The summed E-state index contributed by atoms with van der Waals surface area (Å²) in [7, 11) is 0. The maximum absolute atomic E-state index is 11.9. The van der Waals surface area contributed by atoms with Gasteiger partial charge in [-0.15, -0.1) is 0 Å². The van der Waals surface area contributed by atoms with E-state index in [2.05, 4.69) is 21.2 Å². The second-order valence-corrected chi connectivity index (χ2v) is 5.84. The molecule has 1 saturated carbocycles. The van der Waals surface area contributed by atoms with Crippen molar-refractivity contribution in [3.05, 3.63) is 33.2 Å². The number of carbonyl (C=O) groups excluding carboxylic acids is 1. The van der Waals surface area contributed by atoms with Gasteiger partial charge in [-0.3, -0.25) is 14.4 Å². The average Bonchev–Trinajstić information content (AvgIpc) is 3.16. The Labute approximate surface area is 123 Å². The summed E-state index contributed by atoms with van der Waals surface area (Å²) in [5.74, 6) is -1.03. The summed E-state index contributed by atoms with van der Waals surface area (Å²) in [5, 5.41) is 11.5. The lowest BCUT2D eigenvalue weighted by molar-refractivity contribution is -0.137. The van der Waals surface area contributed by atoms with Crippen molar-refractivity contribution in [2.24, 2.45) is 5.92 Å². The van der Waals surface area contributed by atoms with E-state index in [1.807, 2.05) is 0 Å². The van der Waals surface area contributed by atoms with E-state index < -0.39 is 5.97 Å². The minimum atomic E-state index is -0.929. The van der Waals surface area contributed by atoms with Gasteiger partial charge < -0.3 is 15.0 Å². The quantitative estimate of drug-likeness (QED) is 0.806. The Morgan fingerprint density at radius 3 is 2.75 bits per heavy atom. The van der Waals surface area contributed by atoms with Crippen molar-refractivity contribution in [3.8, 4) is 0 Å². The first-order chi connectivity index (χ1) is 9.45. The lowest BCUT2D eigenvalue weighted by atomic mass is 10.1. The Hall–Kier alpha value is -1.63. The van der Waals surface area contributed by atoms with Crippen molar-refractivity contribution in [2.75, 3.05) is 0 Å². The van der Waals surface area contributed by atoms with E-state index in [1.165, 1.54) is 16.8 Å². The zero-order valence-corrected chi connectivity index (χ0v) is 12.3. The first-order valence-corrected chi connectivity index (χ1v) is 7.12. The van der Waals surface area contributed by atoms with Crippen LogP contribution in [0.2, 0.25) is 0 Å². The van der Waals surface area contributed by atoms with Gasteiger partial charge in [0.15, 0.2) is 0 Å². The number of pyridine rings is 1. The van der Waals surface area contributed by atoms with Crippen molar-refractivity contribution in [1.29, 1.82) is 0 Å². The third kappa shape index (κ3) is 4.19. The third-order valence-electron chi connectivity index (χ3n) is 3.19. The Morgan fingerprint density at radius 2 is 2.15 bits per heavy atom. The molecule has 1 unspecified atom stereocenters. The molecule has 2 N–H and O–H groups in total. The molecule has 1 heterocycles. The molecule has 2 rings (SSSR count). The fraction of sp³-hybridized carbons (Fsp3) is 0.462. The number of hydrogen-bond acceptors (Lipinski definition) is 3. The minimum absolute atomic E-state index is 0.0796. The predicted molar refractivity (Wildman–Crippen MR) is 75.3 cm³/mol. The SMILES string of the molecule is O=C(O)CC(NC(=O)Cn1cc(Br)ccc1=O)C1CC1. The summed E-state index contributed by atoms with van der Waals surface area (Å²) in [6.45, 7) is -0.110. The molecular formula is C13H15BrN2O4. The van der Waals surface area contributed by atoms with Crippen LogP contribution in [0.3, 0.4) is 0 Å². The summed E-state index contributed by atoms with van der Waals surface area (Å²) in [5.41, 5.74) is -0.274. The van der Waals surface area contributed by atoms with Crippen LogP contribution in [0.1, 0.15) is 19.3 Å². The van der Waals surface area contributed by atoms with Gasteiger partial charge in [-0.25, -0.2) is 0 Å².